The highest BCUT2D eigenvalue weighted by atomic mass is 19.4. The molecule has 14 heteroatoms. The molecule has 2 aromatic heterocycles. The Bertz CT molecular complexity index is 989. The minimum absolute atomic E-state index is 0.0571. The van der Waals surface area contributed by atoms with Crippen LogP contribution in [0.15, 0.2) is 6.20 Å². The molecular formula is C20H24F7N7. The van der Waals surface area contributed by atoms with Crippen molar-refractivity contribution < 1.29 is 30.7 Å². The highest BCUT2D eigenvalue weighted by Crippen LogP contribution is 2.42. The second-order valence-electron chi connectivity index (χ2n) is 8.96. The van der Waals surface area contributed by atoms with Gasteiger partial charge in [-0.15, -0.1) is 0 Å². The summed E-state index contributed by atoms with van der Waals surface area (Å²) in [6.45, 7) is 0. The quantitative estimate of drug-likeness (QED) is 0.612. The van der Waals surface area contributed by atoms with Crippen molar-refractivity contribution in [3.8, 4) is 11.4 Å². The van der Waals surface area contributed by atoms with Gasteiger partial charge in [0.25, 0.3) is 0 Å². The molecule has 188 valence electrons. The maximum absolute atomic E-state index is 13.8. The third-order valence-corrected chi connectivity index (χ3v) is 6.37. The first kappa shape index (κ1) is 24.5. The van der Waals surface area contributed by atoms with Crippen molar-refractivity contribution in [1.29, 1.82) is 0 Å². The van der Waals surface area contributed by atoms with Crippen LogP contribution < -0.4 is 10.6 Å². The normalized spacial score (nSPS) is 21.5. The molecule has 34 heavy (non-hydrogen) atoms. The van der Waals surface area contributed by atoms with E-state index in [9.17, 15) is 30.7 Å². The van der Waals surface area contributed by atoms with Crippen molar-refractivity contribution in [2.75, 3.05) is 10.6 Å². The summed E-state index contributed by atoms with van der Waals surface area (Å²) in [5.41, 5.74) is 4.17. The number of aromatic nitrogens is 5. The third-order valence-electron chi connectivity index (χ3n) is 6.37. The van der Waals surface area contributed by atoms with Gasteiger partial charge in [0.2, 0.25) is 23.7 Å². The predicted molar refractivity (Wildman–Crippen MR) is 108 cm³/mol. The highest BCUT2D eigenvalue weighted by Gasteiger charge is 2.44. The second kappa shape index (κ2) is 8.52. The average molecular weight is 495 g/mol. The molecule has 2 aromatic rings. The van der Waals surface area contributed by atoms with Crippen molar-refractivity contribution in [3.05, 3.63) is 11.9 Å². The smallest absolute Gasteiger partial charge is 0.368 e. The third kappa shape index (κ3) is 5.19. The number of nitrogen functional groups attached to an aromatic ring is 1. The number of nitrogens with two attached hydrogens (primary N) is 1. The molecule has 0 aromatic carbocycles. The van der Waals surface area contributed by atoms with Gasteiger partial charge in [-0.1, -0.05) is 0 Å². The summed E-state index contributed by atoms with van der Waals surface area (Å²) < 4.78 is 96.7. The van der Waals surface area contributed by atoms with E-state index >= 15 is 0 Å². The van der Waals surface area contributed by atoms with E-state index in [0.717, 1.165) is 10.9 Å². The van der Waals surface area contributed by atoms with E-state index in [2.05, 4.69) is 20.1 Å². The monoisotopic (exact) mass is 495 g/mol. The van der Waals surface area contributed by atoms with Gasteiger partial charge >= 0.3 is 6.18 Å². The molecule has 2 heterocycles. The molecule has 0 atom stereocenters. The molecule has 0 spiro atoms. The maximum atomic E-state index is 13.8. The number of aryl methyl sites for hydroxylation is 1. The Morgan fingerprint density at radius 3 is 1.88 bits per heavy atom. The number of halogens is 7. The lowest BCUT2D eigenvalue weighted by Gasteiger charge is -2.43. The number of hydrogen-bond donors (Lipinski definition) is 1. The van der Waals surface area contributed by atoms with Gasteiger partial charge in [0.15, 0.2) is 11.5 Å². The van der Waals surface area contributed by atoms with Crippen LogP contribution in [0, 0.1) is 0 Å². The van der Waals surface area contributed by atoms with Crippen molar-refractivity contribution in [3.63, 3.8) is 0 Å². The number of hydrogen-bond acceptors (Lipinski definition) is 6. The maximum Gasteiger partial charge on any atom is 0.435 e. The Balaban J connectivity index is 1.74. The summed E-state index contributed by atoms with van der Waals surface area (Å²) in [5.74, 6) is -6.52. The molecule has 2 fully saturated rings. The van der Waals surface area contributed by atoms with E-state index in [1.165, 1.54) is 7.05 Å². The number of rotatable bonds is 4. The standard InChI is InChI=1S/C20H24F7N7/c1-33-10-13(14(32-33)20(25,26)27)15-29-16(28)31-17(30-15)34(11-2-6-18(21,22)7-3-11)12-4-8-19(23,24)9-5-12/h10-12H,2-9H2,1H3,(H2,28,29,30,31). The van der Waals surface area contributed by atoms with Crippen molar-refractivity contribution in [2.24, 2.45) is 7.05 Å². The van der Waals surface area contributed by atoms with Crippen LogP contribution >= 0.6 is 0 Å². The summed E-state index contributed by atoms with van der Waals surface area (Å²) in [5, 5.41) is 3.44. The van der Waals surface area contributed by atoms with Crippen LogP contribution in [0.2, 0.25) is 0 Å². The minimum atomic E-state index is -4.79. The molecule has 4 rings (SSSR count). The van der Waals surface area contributed by atoms with E-state index in [0.29, 0.717) is 0 Å². The zero-order valence-corrected chi connectivity index (χ0v) is 18.3. The Labute approximate surface area is 190 Å². The fourth-order valence-electron chi connectivity index (χ4n) is 4.71. The summed E-state index contributed by atoms with van der Waals surface area (Å²) in [4.78, 5) is 13.7. The van der Waals surface area contributed by atoms with Gasteiger partial charge in [-0.3, -0.25) is 4.68 Å². The van der Waals surface area contributed by atoms with E-state index in [4.69, 9.17) is 5.73 Å². The van der Waals surface area contributed by atoms with Crippen LogP contribution in [0.25, 0.3) is 11.4 Å². The molecule has 0 radical (unpaired) electrons. The first-order chi connectivity index (χ1) is 15.7. The fourth-order valence-corrected chi connectivity index (χ4v) is 4.71. The molecule has 2 aliphatic carbocycles. The van der Waals surface area contributed by atoms with Crippen molar-refractivity contribution in [1.82, 2.24) is 24.7 Å². The van der Waals surface area contributed by atoms with Gasteiger partial charge in [-0.05, 0) is 25.7 Å². The SMILES string of the molecule is Cn1cc(-c2nc(N)nc(N(C3CCC(F)(F)CC3)C3CCC(F)(F)CC3)n2)c(C(F)(F)F)n1. The van der Waals surface area contributed by atoms with E-state index in [-0.39, 0.29) is 43.4 Å². The van der Waals surface area contributed by atoms with Gasteiger partial charge in [-0.2, -0.15) is 33.2 Å². The highest BCUT2D eigenvalue weighted by molar-refractivity contribution is 5.61. The van der Waals surface area contributed by atoms with Crippen molar-refractivity contribution in [2.45, 2.75) is 81.5 Å². The zero-order valence-electron chi connectivity index (χ0n) is 18.3. The Hall–Kier alpha value is -2.67. The largest absolute Gasteiger partial charge is 0.435 e. The van der Waals surface area contributed by atoms with Crippen LogP contribution in [-0.4, -0.2) is 48.7 Å². The van der Waals surface area contributed by atoms with E-state index in [1.54, 1.807) is 4.90 Å². The zero-order chi connectivity index (χ0) is 24.9. The number of nitrogens with zero attached hydrogens (tertiary/aromatic N) is 6. The first-order valence-electron chi connectivity index (χ1n) is 10.9. The molecule has 0 bridgehead atoms. The molecule has 2 N–H and O–H groups in total. The molecule has 0 aliphatic heterocycles. The van der Waals surface area contributed by atoms with Crippen LogP contribution in [0.4, 0.5) is 42.6 Å². The van der Waals surface area contributed by atoms with E-state index in [1.807, 2.05) is 0 Å². The second-order valence-corrected chi connectivity index (χ2v) is 8.96. The Morgan fingerprint density at radius 2 is 1.41 bits per heavy atom. The Kier molecular flexibility index (Phi) is 6.13. The van der Waals surface area contributed by atoms with Gasteiger partial charge in [-0.25, -0.2) is 17.6 Å². The van der Waals surface area contributed by atoms with Crippen LogP contribution in [-0.2, 0) is 13.2 Å². The lowest BCUT2D eigenvalue weighted by Crippen LogP contribution is -2.50. The van der Waals surface area contributed by atoms with Gasteiger partial charge in [0.1, 0.15) is 0 Å². The molecule has 2 aliphatic rings. The Morgan fingerprint density at radius 1 is 0.912 bits per heavy atom. The molecule has 0 unspecified atom stereocenters. The fraction of sp³-hybridized carbons (Fsp3) is 0.700. The van der Waals surface area contributed by atoms with Crippen LogP contribution in [0.1, 0.15) is 57.1 Å². The lowest BCUT2D eigenvalue weighted by molar-refractivity contribution is -0.141. The minimum Gasteiger partial charge on any atom is -0.368 e. The predicted octanol–water partition coefficient (Wildman–Crippen LogP) is 4.84. The summed E-state index contributed by atoms with van der Waals surface area (Å²) in [6, 6.07) is -0.996. The van der Waals surface area contributed by atoms with E-state index < -0.39 is 67.0 Å². The van der Waals surface area contributed by atoms with Crippen LogP contribution in [0.5, 0.6) is 0 Å². The van der Waals surface area contributed by atoms with Gasteiger partial charge in [0.05, 0.1) is 5.56 Å². The molecule has 0 amide bonds. The molecule has 7 nitrogen and oxygen atoms in total. The summed E-state index contributed by atoms with van der Waals surface area (Å²) in [6.07, 6.45) is -5.06. The summed E-state index contributed by atoms with van der Waals surface area (Å²) >= 11 is 0. The number of anilines is 2. The van der Waals surface area contributed by atoms with Crippen molar-refractivity contribution >= 4 is 11.9 Å². The lowest BCUT2D eigenvalue weighted by atomic mass is 9.86. The average Bonchev–Trinajstić information content (AvgIpc) is 3.13. The number of alkyl halides is 7. The summed E-state index contributed by atoms with van der Waals surface area (Å²) in [7, 11) is 1.31. The van der Waals surface area contributed by atoms with Gasteiger partial charge in [0, 0.05) is 51.0 Å². The molecule has 0 saturated heterocycles. The topological polar surface area (TPSA) is 85.8 Å². The van der Waals surface area contributed by atoms with Gasteiger partial charge < -0.3 is 10.6 Å². The molecular weight excluding hydrogens is 471 g/mol. The molecule has 2 saturated carbocycles. The van der Waals surface area contributed by atoms with Crippen LogP contribution in [0.3, 0.4) is 0 Å². The first-order valence-corrected chi connectivity index (χ1v) is 10.9.